The summed E-state index contributed by atoms with van der Waals surface area (Å²) in [6, 6.07) is 0. The van der Waals surface area contributed by atoms with E-state index in [1.54, 1.807) is 0 Å². The molecular formula is C11H15F3O3RuS. The Morgan fingerprint density at radius 3 is 1.26 bits per heavy atom. The molecule has 0 saturated carbocycles. The smallest absolute Gasteiger partial charge is 0.741 e. The summed E-state index contributed by atoms with van der Waals surface area (Å²) >= 11 is 0. The Hall–Kier alpha value is -0.327. The van der Waals surface area contributed by atoms with E-state index in [1.165, 1.54) is 27.8 Å². The van der Waals surface area contributed by atoms with E-state index in [-0.39, 0.29) is 19.5 Å². The second-order valence-electron chi connectivity index (χ2n) is 4.02. The summed E-state index contributed by atoms with van der Waals surface area (Å²) in [7, 11) is -6.09. The molecule has 0 heterocycles. The van der Waals surface area contributed by atoms with Crippen molar-refractivity contribution in [2.24, 2.45) is 0 Å². The molecule has 0 aliphatic rings. The molecule has 0 aromatic heterocycles. The van der Waals surface area contributed by atoms with Crippen molar-refractivity contribution in [2.75, 3.05) is 0 Å². The van der Waals surface area contributed by atoms with Crippen molar-refractivity contribution in [3.05, 3.63) is 27.8 Å². The third-order valence-electron chi connectivity index (χ3n) is 3.10. The van der Waals surface area contributed by atoms with E-state index >= 15 is 0 Å². The molecule has 0 saturated heterocycles. The van der Waals surface area contributed by atoms with E-state index in [2.05, 4.69) is 34.6 Å². The van der Waals surface area contributed by atoms with Crippen LogP contribution in [0.2, 0.25) is 0 Å². The third kappa shape index (κ3) is 5.28. The van der Waals surface area contributed by atoms with Gasteiger partial charge in [0.15, 0.2) is 10.1 Å². The minimum absolute atomic E-state index is 0. The molecule has 8 heteroatoms. The summed E-state index contributed by atoms with van der Waals surface area (Å²) in [4.78, 5) is 0. The maximum atomic E-state index is 10.7. The average Bonchev–Trinajstić information content (AvgIpc) is 2.35. The van der Waals surface area contributed by atoms with Gasteiger partial charge in [0.05, 0.1) is 0 Å². The largest absolute Gasteiger partial charge is 2.00 e. The maximum absolute atomic E-state index is 10.7. The molecule has 1 aromatic rings. The molecule has 0 aliphatic heterocycles. The van der Waals surface area contributed by atoms with Crippen molar-refractivity contribution < 1.29 is 45.6 Å². The van der Waals surface area contributed by atoms with Crippen LogP contribution in [-0.4, -0.2) is 18.5 Å². The minimum atomic E-state index is -6.09. The third-order valence-corrected chi connectivity index (χ3v) is 3.66. The summed E-state index contributed by atoms with van der Waals surface area (Å²) in [5.41, 5.74) is 1.69. The predicted octanol–water partition coefficient (Wildman–Crippen LogP) is 3.00. The monoisotopic (exact) mass is 386 g/mol. The average molecular weight is 385 g/mol. The normalized spacial score (nSPS) is 11.4. The molecule has 0 bridgehead atoms. The standard InChI is InChI=1S/C10H15.CHF3O3S.Ru/c1-6-7(2)9(4)10(5)8(6)3;2-1(3,4)8(5,6)7;/h1-5H3;(H,5,6,7);/q-1;;+2/p-1. The van der Waals surface area contributed by atoms with Crippen LogP contribution >= 0.6 is 0 Å². The summed E-state index contributed by atoms with van der Waals surface area (Å²) in [6.07, 6.45) is 0. The molecule has 19 heavy (non-hydrogen) atoms. The zero-order valence-corrected chi connectivity index (χ0v) is 13.7. The zero-order valence-electron chi connectivity index (χ0n) is 11.1. The SMILES string of the molecule is Cc1c(C)c(C)[c-](C)c1C.O=S(=O)([O-])C(F)(F)F.[Ru+2]. The van der Waals surface area contributed by atoms with Crippen molar-refractivity contribution in [1.82, 2.24) is 0 Å². The first-order chi connectivity index (χ1) is 7.80. The molecular weight excluding hydrogens is 370 g/mol. The maximum Gasteiger partial charge on any atom is 2.00 e. The van der Waals surface area contributed by atoms with E-state index in [0.29, 0.717) is 0 Å². The second kappa shape index (κ2) is 6.91. The van der Waals surface area contributed by atoms with Crippen LogP contribution in [0, 0.1) is 34.6 Å². The van der Waals surface area contributed by atoms with Gasteiger partial charge < -0.3 is 4.55 Å². The summed E-state index contributed by atoms with van der Waals surface area (Å²) in [5.74, 6) is 0. The number of alkyl halides is 3. The van der Waals surface area contributed by atoms with Crippen LogP contribution in [0.25, 0.3) is 0 Å². The summed E-state index contributed by atoms with van der Waals surface area (Å²) < 4.78 is 58.9. The van der Waals surface area contributed by atoms with Crippen molar-refractivity contribution in [2.45, 2.75) is 40.1 Å². The molecule has 112 valence electrons. The Morgan fingerprint density at radius 2 is 1.21 bits per heavy atom. The summed E-state index contributed by atoms with van der Waals surface area (Å²) in [5, 5.41) is 0. The number of rotatable bonds is 0. The van der Waals surface area contributed by atoms with Crippen molar-refractivity contribution in [1.29, 1.82) is 0 Å². The van der Waals surface area contributed by atoms with Gasteiger partial charge in [0.25, 0.3) is 0 Å². The second-order valence-corrected chi connectivity index (χ2v) is 5.40. The van der Waals surface area contributed by atoms with Crippen LogP contribution in [0.4, 0.5) is 13.2 Å². The van der Waals surface area contributed by atoms with Gasteiger partial charge in [0.1, 0.15) is 0 Å². The fourth-order valence-electron chi connectivity index (χ4n) is 1.41. The van der Waals surface area contributed by atoms with Gasteiger partial charge in [-0.15, -0.1) is 0 Å². The molecule has 0 radical (unpaired) electrons. The Morgan fingerprint density at radius 1 is 1.00 bits per heavy atom. The Kier molecular flexibility index (Phi) is 7.63. The van der Waals surface area contributed by atoms with E-state index in [0.717, 1.165) is 0 Å². The summed E-state index contributed by atoms with van der Waals surface area (Å²) in [6.45, 7) is 11.0. The van der Waals surface area contributed by atoms with Crippen LogP contribution < -0.4 is 0 Å². The molecule has 0 spiro atoms. The van der Waals surface area contributed by atoms with Crippen LogP contribution in [0.15, 0.2) is 0 Å². The zero-order chi connectivity index (χ0) is 14.9. The quantitative estimate of drug-likeness (QED) is 0.299. The number of halogens is 3. The van der Waals surface area contributed by atoms with Crippen LogP contribution in [0.1, 0.15) is 27.8 Å². The Labute approximate surface area is 124 Å². The van der Waals surface area contributed by atoms with E-state index in [9.17, 15) is 13.2 Å². The Bertz CT molecular complexity index is 450. The first-order valence-corrected chi connectivity index (χ1v) is 6.43. The molecule has 0 atom stereocenters. The molecule has 0 unspecified atom stereocenters. The molecule has 3 nitrogen and oxygen atoms in total. The van der Waals surface area contributed by atoms with Crippen LogP contribution in [0.5, 0.6) is 0 Å². The van der Waals surface area contributed by atoms with Gasteiger partial charge in [-0.25, -0.2) is 8.42 Å². The molecule has 0 aliphatic carbocycles. The Balaban J connectivity index is 0. The first kappa shape index (κ1) is 21.0. The fraction of sp³-hybridized carbons (Fsp3) is 0.545. The molecule has 0 fully saturated rings. The van der Waals surface area contributed by atoms with Crippen LogP contribution in [0.3, 0.4) is 0 Å². The van der Waals surface area contributed by atoms with Gasteiger partial charge in [-0.3, -0.25) is 0 Å². The van der Waals surface area contributed by atoms with Gasteiger partial charge in [-0.1, -0.05) is 34.6 Å². The molecule has 0 amide bonds. The van der Waals surface area contributed by atoms with E-state index in [4.69, 9.17) is 13.0 Å². The predicted molar refractivity (Wildman–Crippen MR) is 61.5 cm³/mol. The fourth-order valence-corrected chi connectivity index (χ4v) is 1.41. The van der Waals surface area contributed by atoms with E-state index < -0.39 is 15.6 Å². The molecule has 1 rings (SSSR count). The van der Waals surface area contributed by atoms with Crippen molar-refractivity contribution in [3.63, 3.8) is 0 Å². The van der Waals surface area contributed by atoms with E-state index in [1.807, 2.05) is 0 Å². The first-order valence-electron chi connectivity index (χ1n) is 5.02. The number of hydrogen-bond donors (Lipinski definition) is 0. The van der Waals surface area contributed by atoms with Gasteiger partial charge in [0, 0.05) is 0 Å². The van der Waals surface area contributed by atoms with Gasteiger partial charge in [0.2, 0.25) is 0 Å². The topological polar surface area (TPSA) is 57.2 Å². The van der Waals surface area contributed by atoms with Gasteiger partial charge >= 0.3 is 25.0 Å². The molecule has 1 aromatic carbocycles. The van der Waals surface area contributed by atoms with Gasteiger partial charge in [-0.2, -0.15) is 41.0 Å². The van der Waals surface area contributed by atoms with Crippen LogP contribution in [-0.2, 0) is 29.6 Å². The van der Waals surface area contributed by atoms with Gasteiger partial charge in [-0.05, 0) is 0 Å². The van der Waals surface area contributed by atoms with Crippen molar-refractivity contribution in [3.8, 4) is 0 Å². The minimum Gasteiger partial charge on any atom is -0.741 e. The number of hydrogen-bond acceptors (Lipinski definition) is 3. The molecule has 0 N–H and O–H groups in total. The van der Waals surface area contributed by atoms with Crippen molar-refractivity contribution >= 4 is 10.1 Å².